The normalized spacial score (nSPS) is 10.6. The van der Waals surface area contributed by atoms with Gasteiger partial charge in [-0.25, -0.2) is 0 Å². The molecule has 0 atom stereocenters. The summed E-state index contributed by atoms with van der Waals surface area (Å²) in [6, 6.07) is 21.1. The largest absolute Gasteiger partial charge is 0.494 e. The average molecular weight is 317 g/mol. The zero-order valence-corrected chi connectivity index (χ0v) is 14.3. The number of ether oxygens (including phenoxy) is 1. The standard InChI is InChI=1S/C22H23NO/c1-3-5-21-13-10-20(16-23-21)19-8-6-17(7-9-19)18-11-14-22(15-12-18)24-4-2/h6-16H,3-5H2,1-2H3. The molecule has 0 unspecified atom stereocenters. The van der Waals surface area contributed by atoms with Crippen LogP contribution in [0, 0.1) is 0 Å². The SMILES string of the molecule is CCCc1ccc(-c2ccc(-c3ccc(OCC)cc3)cc2)cn1. The van der Waals surface area contributed by atoms with Crippen LogP contribution in [0.1, 0.15) is 26.0 Å². The molecule has 1 heterocycles. The quantitative estimate of drug-likeness (QED) is 0.576. The highest BCUT2D eigenvalue weighted by atomic mass is 16.5. The van der Waals surface area contributed by atoms with E-state index in [2.05, 4.69) is 60.4 Å². The first-order valence-electron chi connectivity index (χ1n) is 8.58. The number of nitrogens with zero attached hydrogens (tertiary/aromatic N) is 1. The molecular weight excluding hydrogens is 294 g/mol. The van der Waals surface area contributed by atoms with Crippen LogP contribution in [0.2, 0.25) is 0 Å². The fourth-order valence-corrected chi connectivity index (χ4v) is 2.76. The zero-order chi connectivity index (χ0) is 16.8. The number of hydrogen-bond donors (Lipinski definition) is 0. The second-order valence-corrected chi connectivity index (χ2v) is 5.82. The predicted octanol–water partition coefficient (Wildman–Crippen LogP) is 5.77. The number of aromatic nitrogens is 1. The van der Waals surface area contributed by atoms with Crippen LogP contribution in [0.4, 0.5) is 0 Å². The van der Waals surface area contributed by atoms with Crippen molar-refractivity contribution in [3.8, 4) is 28.0 Å². The van der Waals surface area contributed by atoms with Crippen molar-refractivity contribution in [2.45, 2.75) is 26.7 Å². The summed E-state index contributed by atoms with van der Waals surface area (Å²) in [6.45, 7) is 4.87. The molecule has 0 saturated heterocycles. The van der Waals surface area contributed by atoms with Crippen molar-refractivity contribution in [2.75, 3.05) is 6.61 Å². The van der Waals surface area contributed by atoms with Gasteiger partial charge in [0.15, 0.2) is 0 Å². The number of hydrogen-bond acceptors (Lipinski definition) is 2. The van der Waals surface area contributed by atoms with E-state index in [-0.39, 0.29) is 0 Å². The summed E-state index contributed by atoms with van der Waals surface area (Å²) in [4.78, 5) is 4.54. The molecule has 2 aromatic carbocycles. The summed E-state index contributed by atoms with van der Waals surface area (Å²) in [7, 11) is 0. The van der Waals surface area contributed by atoms with E-state index in [0.29, 0.717) is 6.61 Å². The maximum Gasteiger partial charge on any atom is 0.119 e. The van der Waals surface area contributed by atoms with E-state index in [1.807, 2.05) is 25.3 Å². The maximum atomic E-state index is 5.49. The molecule has 2 heteroatoms. The Labute approximate surface area is 144 Å². The Morgan fingerprint density at radius 1 is 0.708 bits per heavy atom. The van der Waals surface area contributed by atoms with Crippen LogP contribution in [0.5, 0.6) is 5.75 Å². The molecule has 0 fully saturated rings. The van der Waals surface area contributed by atoms with Crippen molar-refractivity contribution >= 4 is 0 Å². The molecule has 3 rings (SSSR count). The molecule has 0 radical (unpaired) electrons. The average Bonchev–Trinajstić information content (AvgIpc) is 2.64. The van der Waals surface area contributed by atoms with Crippen LogP contribution in [0.15, 0.2) is 66.9 Å². The number of aryl methyl sites for hydroxylation is 1. The number of benzene rings is 2. The van der Waals surface area contributed by atoms with Crippen molar-refractivity contribution in [2.24, 2.45) is 0 Å². The highest BCUT2D eigenvalue weighted by molar-refractivity contribution is 5.70. The minimum atomic E-state index is 0.694. The van der Waals surface area contributed by atoms with E-state index < -0.39 is 0 Å². The van der Waals surface area contributed by atoms with Gasteiger partial charge in [-0.05, 0) is 48.2 Å². The van der Waals surface area contributed by atoms with E-state index >= 15 is 0 Å². The lowest BCUT2D eigenvalue weighted by molar-refractivity contribution is 0.340. The third kappa shape index (κ3) is 3.83. The second kappa shape index (κ2) is 7.78. The van der Waals surface area contributed by atoms with Crippen molar-refractivity contribution in [3.05, 3.63) is 72.6 Å². The summed E-state index contributed by atoms with van der Waals surface area (Å²) in [6.07, 6.45) is 4.14. The van der Waals surface area contributed by atoms with E-state index in [9.17, 15) is 0 Å². The Balaban J connectivity index is 1.77. The van der Waals surface area contributed by atoms with Crippen LogP contribution in [-0.4, -0.2) is 11.6 Å². The van der Waals surface area contributed by atoms with Gasteiger partial charge in [-0.3, -0.25) is 4.98 Å². The van der Waals surface area contributed by atoms with E-state index in [1.165, 1.54) is 16.7 Å². The van der Waals surface area contributed by atoms with Gasteiger partial charge in [-0.1, -0.05) is 55.8 Å². The van der Waals surface area contributed by atoms with Gasteiger partial charge < -0.3 is 4.74 Å². The van der Waals surface area contributed by atoms with Crippen LogP contribution >= 0.6 is 0 Å². The third-order valence-corrected chi connectivity index (χ3v) is 4.05. The molecule has 0 N–H and O–H groups in total. The van der Waals surface area contributed by atoms with E-state index in [0.717, 1.165) is 29.8 Å². The molecule has 0 bridgehead atoms. The molecule has 122 valence electrons. The lowest BCUT2D eigenvalue weighted by atomic mass is 10.0. The molecule has 3 aromatic rings. The molecule has 0 saturated carbocycles. The summed E-state index contributed by atoms with van der Waals surface area (Å²) >= 11 is 0. The van der Waals surface area contributed by atoms with Gasteiger partial charge in [-0.2, -0.15) is 0 Å². The van der Waals surface area contributed by atoms with Gasteiger partial charge in [0, 0.05) is 17.5 Å². The van der Waals surface area contributed by atoms with Crippen molar-refractivity contribution < 1.29 is 4.74 Å². The predicted molar refractivity (Wildman–Crippen MR) is 100 cm³/mol. The summed E-state index contributed by atoms with van der Waals surface area (Å²) in [5.74, 6) is 0.913. The Morgan fingerprint density at radius 2 is 1.25 bits per heavy atom. The Bertz CT molecular complexity index is 690. The van der Waals surface area contributed by atoms with Gasteiger partial charge in [0.25, 0.3) is 0 Å². The monoisotopic (exact) mass is 317 g/mol. The van der Waals surface area contributed by atoms with Crippen molar-refractivity contribution in [1.29, 1.82) is 0 Å². The highest BCUT2D eigenvalue weighted by Crippen LogP contribution is 2.26. The van der Waals surface area contributed by atoms with Gasteiger partial charge in [-0.15, -0.1) is 0 Å². The molecule has 24 heavy (non-hydrogen) atoms. The number of pyridine rings is 1. The minimum absolute atomic E-state index is 0.694. The van der Waals surface area contributed by atoms with Crippen LogP contribution in [0.25, 0.3) is 22.3 Å². The fraction of sp³-hybridized carbons (Fsp3) is 0.227. The smallest absolute Gasteiger partial charge is 0.119 e. The minimum Gasteiger partial charge on any atom is -0.494 e. The molecule has 0 aliphatic rings. The van der Waals surface area contributed by atoms with Gasteiger partial charge in [0.2, 0.25) is 0 Å². The van der Waals surface area contributed by atoms with Gasteiger partial charge >= 0.3 is 0 Å². The molecule has 0 spiro atoms. The topological polar surface area (TPSA) is 22.1 Å². The Morgan fingerprint density at radius 3 is 1.75 bits per heavy atom. The van der Waals surface area contributed by atoms with Gasteiger partial charge in [0.1, 0.15) is 5.75 Å². The van der Waals surface area contributed by atoms with Crippen LogP contribution in [0.3, 0.4) is 0 Å². The molecule has 0 aliphatic carbocycles. The lowest BCUT2D eigenvalue weighted by Crippen LogP contribution is -1.90. The molecule has 1 aromatic heterocycles. The highest BCUT2D eigenvalue weighted by Gasteiger charge is 2.02. The van der Waals surface area contributed by atoms with E-state index in [4.69, 9.17) is 4.74 Å². The summed E-state index contributed by atoms with van der Waals surface area (Å²) in [5, 5.41) is 0. The maximum absolute atomic E-state index is 5.49. The second-order valence-electron chi connectivity index (χ2n) is 5.82. The first-order chi connectivity index (χ1) is 11.8. The zero-order valence-electron chi connectivity index (χ0n) is 14.3. The van der Waals surface area contributed by atoms with Crippen LogP contribution in [-0.2, 0) is 6.42 Å². The van der Waals surface area contributed by atoms with Crippen molar-refractivity contribution in [3.63, 3.8) is 0 Å². The van der Waals surface area contributed by atoms with Gasteiger partial charge in [0.05, 0.1) is 6.61 Å². The third-order valence-electron chi connectivity index (χ3n) is 4.05. The van der Waals surface area contributed by atoms with E-state index in [1.54, 1.807) is 0 Å². The molecular formula is C22H23NO. The summed E-state index contributed by atoms with van der Waals surface area (Å²) in [5.41, 5.74) is 5.92. The lowest BCUT2D eigenvalue weighted by Gasteiger charge is -2.07. The fourth-order valence-electron chi connectivity index (χ4n) is 2.76. The summed E-state index contributed by atoms with van der Waals surface area (Å²) < 4.78 is 5.49. The first kappa shape index (κ1) is 16.3. The van der Waals surface area contributed by atoms with Crippen LogP contribution < -0.4 is 4.74 Å². The number of rotatable bonds is 6. The molecule has 0 amide bonds. The molecule has 0 aliphatic heterocycles. The Kier molecular flexibility index (Phi) is 5.27. The van der Waals surface area contributed by atoms with Crippen molar-refractivity contribution in [1.82, 2.24) is 4.98 Å². The Hall–Kier alpha value is -2.61. The molecule has 2 nitrogen and oxygen atoms in total. The first-order valence-corrected chi connectivity index (χ1v) is 8.58.